The lowest BCUT2D eigenvalue weighted by atomic mass is 9.66. The predicted octanol–water partition coefficient (Wildman–Crippen LogP) is 2.61. The van der Waals surface area contributed by atoms with Gasteiger partial charge in [0.2, 0.25) is 0 Å². The van der Waals surface area contributed by atoms with E-state index in [0.717, 1.165) is 12.8 Å². The van der Waals surface area contributed by atoms with Crippen molar-refractivity contribution >= 4 is 11.9 Å². The average molecular weight is 336 g/mol. The van der Waals surface area contributed by atoms with E-state index >= 15 is 0 Å². The van der Waals surface area contributed by atoms with E-state index < -0.39 is 11.7 Å². The van der Waals surface area contributed by atoms with Gasteiger partial charge >= 0.3 is 11.9 Å². The summed E-state index contributed by atoms with van der Waals surface area (Å²) in [5.74, 6) is -1.09. The minimum absolute atomic E-state index is 0.0834. The second-order valence-corrected chi connectivity index (χ2v) is 8.75. The van der Waals surface area contributed by atoms with Gasteiger partial charge in [-0.05, 0) is 30.3 Å². The molecule has 24 heavy (non-hydrogen) atoms. The monoisotopic (exact) mass is 336 g/mol. The maximum absolute atomic E-state index is 11.8. The van der Waals surface area contributed by atoms with E-state index in [9.17, 15) is 14.7 Å². The lowest BCUT2D eigenvalue weighted by Crippen LogP contribution is -2.46. The molecule has 1 N–H and O–H groups in total. The Labute approximate surface area is 143 Å². The summed E-state index contributed by atoms with van der Waals surface area (Å²) in [6.45, 7) is 13.3. The van der Waals surface area contributed by atoms with E-state index in [1.807, 2.05) is 0 Å². The average Bonchev–Trinajstić information content (AvgIpc) is 2.89. The third-order valence-electron chi connectivity index (χ3n) is 6.74. The van der Waals surface area contributed by atoms with Gasteiger partial charge in [0.1, 0.15) is 12.2 Å². The van der Waals surface area contributed by atoms with Gasteiger partial charge in [-0.2, -0.15) is 0 Å². The lowest BCUT2D eigenvalue weighted by molar-refractivity contribution is -0.156. The smallest absolute Gasteiger partial charge is 0.303 e. The first-order chi connectivity index (χ1) is 10.9. The van der Waals surface area contributed by atoms with E-state index in [0.29, 0.717) is 12.0 Å². The molecule has 0 aromatic carbocycles. The summed E-state index contributed by atoms with van der Waals surface area (Å²) in [6, 6.07) is 0. The summed E-state index contributed by atoms with van der Waals surface area (Å²) in [4.78, 5) is 23.1. The molecular weight excluding hydrogens is 308 g/mol. The van der Waals surface area contributed by atoms with Crippen molar-refractivity contribution < 1.29 is 24.2 Å². The summed E-state index contributed by atoms with van der Waals surface area (Å²) in [6.07, 6.45) is 1.40. The molecule has 0 radical (unpaired) electrons. The number of ether oxygens (including phenoxy) is 2. The number of fused-ring (bicyclic) bond motifs is 3. The number of hydrogen-bond acceptors (Lipinski definition) is 5. The van der Waals surface area contributed by atoms with Crippen molar-refractivity contribution in [1.29, 1.82) is 0 Å². The molecule has 0 aromatic rings. The van der Waals surface area contributed by atoms with Gasteiger partial charge in [-0.25, -0.2) is 0 Å². The van der Waals surface area contributed by atoms with E-state index in [4.69, 9.17) is 9.47 Å². The van der Waals surface area contributed by atoms with Gasteiger partial charge in [0.15, 0.2) is 0 Å². The summed E-state index contributed by atoms with van der Waals surface area (Å²) < 4.78 is 11.1. The SMILES string of the molecule is C=C1[C@@H](OC(C)=O)C[C@H]2[C@H](OC(C)=O)[C@]3(C)CCC(C)(C)[C@@H]3[C@@]12O. The molecule has 0 amide bonds. The standard InChI is InChI=1S/C19H28O5/c1-10-14(23-11(2)20)9-13-15(24-12(3)21)18(6)8-7-17(4,5)16(18)19(10,13)22/h13-16,22H,1,7-9H2,2-6H3/t13-,14-,15-,16-,18-,19+/m0/s1. The molecule has 3 aliphatic carbocycles. The highest BCUT2D eigenvalue weighted by atomic mass is 16.6. The maximum Gasteiger partial charge on any atom is 0.303 e. The highest BCUT2D eigenvalue weighted by Crippen LogP contribution is 2.72. The molecule has 0 aromatic heterocycles. The Balaban J connectivity index is 2.08. The second-order valence-electron chi connectivity index (χ2n) is 8.75. The molecule has 0 aliphatic heterocycles. The zero-order valence-electron chi connectivity index (χ0n) is 15.2. The van der Waals surface area contributed by atoms with Gasteiger partial charge in [0, 0.05) is 31.1 Å². The molecule has 5 nitrogen and oxygen atoms in total. The van der Waals surface area contributed by atoms with E-state index in [1.54, 1.807) is 0 Å². The van der Waals surface area contributed by atoms with Gasteiger partial charge in [0.05, 0.1) is 5.60 Å². The summed E-state index contributed by atoms with van der Waals surface area (Å²) >= 11 is 0. The van der Waals surface area contributed by atoms with Crippen LogP contribution in [0.5, 0.6) is 0 Å². The Morgan fingerprint density at radius 3 is 2.25 bits per heavy atom. The van der Waals surface area contributed by atoms with Crippen molar-refractivity contribution in [1.82, 2.24) is 0 Å². The van der Waals surface area contributed by atoms with E-state index in [1.165, 1.54) is 13.8 Å². The van der Waals surface area contributed by atoms with Gasteiger partial charge in [-0.3, -0.25) is 9.59 Å². The van der Waals surface area contributed by atoms with Crippen molar-refractivity contribution in [2.45, 2.75) is 71.7 Å². The molecule has 6 atom stereocenters. The van der Waals surface area contributed by atoms with Crippen LogP contribution in [0.15, 0.2) is 12.2 Å². The fourth-order valence-corrected chi connectivity index (χ4v) is 6.15. The summed E-state index contributed by atoms with van der Waals surface area (Å²) in [5.41, 5.74) is -1.01. The molecule has 3 rings (SSSR count). The zero-order valence-corrected chi connectivity index (χ0v) is 15.2. The third kappa shape index (κ3) is 2.10. The Bertz CT molecular complexity index is 609. The van der Waals surface area contributed by atoms with Gasteiger partial charge in [-0.15, -0.1) is 0 Å². The lowest BCUT2D eigenvalue weighted by Gasteiger charge is -2.42. The first-order valence-corrected chi connectivity index (χ1v) is 8.70. The van der Waals surface area contributed by atoms with Crippen LogP contribution in [0.2, 0.25) is 0 Å². The van der Waals surface area contributed by atoms with Gasteiger partial charge in [0.25, 0.3) is 0 Å². The van der Waals surface area contributed by atoms with Crippen LogP contribution >= 0.6 is 0 Å². The number of hydrogen-bond donors (Lipinski definition) is 1. The number of aliphatic hydroxyl groups is 1. The van der Waals surface area contributed by atoms with Crippen LogP contribution in [0.1, 0.15) is 53.9 Å². The molecule has 3 aliphatic rings. The largest absolute Gasteiger partial charge is 0.462 e. The number of rotatable bonds is 2. The molecule has 134 valence electrons. The summed E-state index contributed by atoms with van der Waals surface area (Å²) in [7, 11) is 0. The van der Waals surface area contributed by atoms with Crippen molar-refractivity contribution in [2.24, 2.45) is 22.7 Å². The normalized spacial score (nSPS) is 45.7. The highest BCUT2D eigenvalue weighted by Gasteiger charge is 2.76. The molecule has 0 heterocycles. The molecular formula is C19H28O5. The van der Waals surface area contributed by atoms with Crippen LogP contribution in [0, 0.1) is 22.7 Å². The Morgan fingerprint density at radius 1 is 1.12 bits per heavy atom. The second kappa shape index (κ2) is 5.07. The van der Waals surface area contributed by atoms with Crippen molar-refractivity contribution in [3.63, 3.8) is 0 Å². The topological polar surface area (TPSA) is 72.8 Å². The zero-order chi connectivity index (χ0) is 18.1. The van der Waals surface area contributed by atoms with Crippen LogP contribution in [-0.4, -0.2) is 34.9 Å². The molecule has 3 fully saturated rings. The number of esters is 2. The first kappa shape index (κ1) is 17.5. The van der Waals surface area contributed by atoms with Crippen molar-refractivity contribution in [3.05, 3.63) is 12.2 Å². The Morgan fingerprint density at radius 2 is 1.71 bits per heavy atom. The van der Waals surface area contributed by atoms with Crippen LogP contribution in [0.3, 0.4) is 0 Å². The molecule has 0 spiro atoms. The molecule has 3 saturated carbocycles. The van der Waals surface area contributed by atoms with Gasteiger partial charge in [-0.1, -0.05) is 27.4 Å². The fraction of sp³-hybridized carbons (Fsp3) is 0.789. The molecule has 0 saturated heterocycles. The van der Waals surface area contributed by atoms with Crippen molar-refractivity contribution in [2.75, 3.05) is 0 Å². The van der Waals surface area contributed by atoms with E-state index in [2.05, 4.69) is 27.4 Å². The molecule has 0 unspecified atom stereocenters. The van der Waals surface area contributed by atoms with Crippen LogP contribution in [0.25, 0.3) is 0 Å². The fourth-order valence-electron chi connectivity index (χ4n) is 6.15. The number of carbonyl (C=O) groups excluding carboxylic acids is 2. The van der Waals surface area contributed by atoms with Crippen molar-refractivity contribution in [3.8, 4) is 0 Å². The maximum atomic E-state index is 11.8. The van der Waals surface area contributed by atoms with Crippen LogP contribution < -0.4 is 0 Å². The predicted molar refractivity (Wildman–Crippen MR) is 87.9 cm³/mol. The minimum Gasteiger partial charge on any atom is -0.462 e. The van der Waals surface area contributed by atoms with Crippen LogP contribution in [-0.2, 0) is 19.1 Å². The van der Waals surface area contributed by atoms with Gasteiger partial charge < -0.3 is 14.6 Å². The quantitative estimate of drug-likeness (QED) is 0.620. The third-order valence-corrected chi connectivity index (χ3v) is 6.74. The minimum atomic E-state index is -1.17. The first-order valence-electron chi connectivity index (χ1n) is 8.70. The molecule has 0 bridgehead atoms. The van der Waals surface area contributed by atoms with Crippen LogP contribution in [0.4, 0.5) is 0 Å². The summed E-state index contributed by atoms with van der Waals surface area (Å²) in [5, 5.41) is 11.8. The molecule has 5 heteroatoms. The highest BCUT2D eigenvalue weighted by molar-refractivity contribution is 5.67. The van der Waals surface area contributed by atoms with E-state index in [-0.39, 0.29) is 40.7 Å². The Kier molecular flexibility index (Phi) is 3.69. The Hall–Kier alpha value is -1.36. The number of carbonyl (C=O) groups is 2.